The highest BCUT2D eigenvalue weighted by molar-refractivity contribution is 5.57. The Bertz CT molecular complexity index is 103. The van der Waals surface area contributed by atoms with Crippen molar-refractivity contribution >= 4 is 6.34 Å². The molecule has 2 atom stereocenters. The van der Waals surface area contributed by atoms with Crippen molar-refractivity contribution < 1.29 is 4.39 Å². The Kier molecular flexibility index (Phi) is 1.46. The van der Waals surface area contributed by atoms with E-state index in [-0.39, 0.29) is 12.1 Å². The highest BCUT2D eigenvalue weighted by Crippen LogP contribution is 2.03. The number of nitrogens with zero attached hydrogens (tertiary/aromatic N) is 2. The van der Waals surface area contributed by atoms with Crippen molar-refractivity contribution in [1.82, 2.24) is 5.32 Å². The molecule has 0 aromatic rings. The second kappa shape index (κ2) is 2.11. The zero-order chi connectivity index (χ0) is 5.98. The molecule has 0 spiro atoms. The molecule has 44 valence electrons. The van der Waals surface area contributed by atoms with E-state index in [4.69, 9.17) is 0 Å². The highest BCUT2D eigenvalue weighted by atomic mass is 19.1. The number of aliphatic imine (C=N–C) groups is 1. The molecule has 2 unspecified atom stereocenters. The van der Waals surface area contributed by atoms with Crippen LogP contribution in [0, 0.1) is 0 Å². The predicted octanol–water partition coefficient (Wildman–Crippen LogP) is 0.236. The highest BCUT2D eigenvalue weighted by Gasteiger charge is 2.20. The van der Waals surface area contributed by atoms with Crippen LogP contribution in [0.3, 0.4) is 0 Å². The van der Waals surface area contributed by atoms with Gasteiger partial charge in [-0.1, -0.05) is 0 Å². The van der Waals surface area contributed by atoms with E-state index in [1.165, 1.54) is 0 Å². The van der Waals surface area contributed by atoms with Crippen LogP contribution in [-0.4, -0.2) is 25.1 Å². The molecule has 1 aliphatic rings. The molecular weight excluding hydrogens is 107 g/mol. The van der Waals surface area contributed by atoms with E-state index in [9.17, 15) is 4.39 Å². The third-order valence-electron chi connectivity index (χ3n) is 1.20. The van der Waals surface area contributed by atoms with Gasteiger partial charge in [0.05, 0.1) is 6.04 Å². The molecule has 0 N–H and O–H groups in total. The van der Waals surface area contributed by atoms with Gasteiger partial charge in [-0.25, -0.2) is 4.39 Å². The molecule has 0 fully saturated rings. The lowest BCUT2D eigenvalue weighted by Gasteiger charge is -2.05. The van der Waals surface area contributed by atoms with Gasteiger partial charge in [-0.3, -0.25) is 10.3 Å². The Hall–Kier alpha value is -0.600. The van der Waals surface area contributed by atoms with Crippen molar-refractivity contribution in [2.24, 2.45) is 4.99 Å². The first-order valence-electron chi connectivity index (χ1n) is 2.55. The van der Waals surface area contributed by atoms with Gasteiger partial charge in [-0.2, -0.15) is 0 Å². The van der Waals surface area contributed by atoms with Gasteiger partial charge in [0.2, 0.25) is 0 Å². The van der Waals surface area contributed by atoms with Crippen LogP contribution in [0.2, 0.25) is 0 Å². The van der Waals surface area contributed by atoms with Crippen LogP contribution in [0.5, 0.6) is 0 Å². The van der Waals surface area contributed by atoms with E-state index < -0.39 is 6.67 Å². The van der Waals surface area contributed by atoms with Crippen molar-refractivity contribution in [3.63, 3.8) is 0 Å². The van der Waals surface area contributed by atoms with Gasteiger partial charge in [0.1, 0.15) is 12.7 Å². The van der Waals surface area contributed by atoms with Crippen LogP contribution in [0.4, 0.5) is 4.39 Å². The Balaban J connectivity index is 2.38. The maximum atomic E-state index is 11.8. The van der Waals surface area contributed by atoms with Gasteiger partial charge >= 0.3 is 0 Å². The van der Waals surface area contributed by atoms with Gasteiger partial charge in [0.15, 0.2) is 6.34 Å². The smallest absolute Gasteiger partial charge is 0.188 e. The summed E-state index contributed by atoms with van der Waals surface area (Å²) in [6.07, 6.45) is 2.38. The molecule has 0 aliphatic carbocycles. The van der Waals surface area contributed by atoms with Crippen LogP contribution in [0.1, 0.15) is 6.92 Å². The van der Waals surface area contributed by atoms with Gasteiger partial charge in [-0.15, -0.1) is 0 Å². The van der Waals surface area contributed by atoms with Crippen molar-refractivity contribution in [3.8, 4) is 0 Å². The zero-order valence-electron chi connectivity index (χ0n) is 4.63. The Morgan fingerprint density at radius 1 is 1.75 bits per heavy atom. The van der Waals surface area contributed by atoms with Crippen molar-refractivity contribution in [2.75, 3.05) is 6.67 Å². The molecule has 1 aliphatic heterocycles. The number of hydrogen-bond donors (Lipinski definition) is 0. The first-order chi connectivity index (χ1) is 3.84. The van der Waals surface area contributed by atoms with Crippen molar-refractivity contribution in [1.29, 1.82) is 0 Å². The molecule has 0 aromatic heterocycles. The third kappa shape index (κ3) is 0.804. The first-order valence-corrected chi connectivity index (χ1v) is 2.55. The predicted molar refractivity (Wildman–Crippen MR) is 28.8 cm³/mol. The lowest BCUT2D eigenvalue weighted by molar-refractivity contribution is 0.387. The summed E-state index contributed by atoms with van der Waals surface area (Å²) in [6, 6.07) is -0.255. The number of rotatable bonds is 1. The summed E-state index contributed by atoms with van der Waals surface area (Å²) in [6.45, 7) is 1.41. The van der Waals surface area contributed by atoms with Gasteiger partial charge in [0, 0.05) is 0 Å². The molecule has 0 aromatic carbocycles. The number of halogens is 1. The fourth-order valence-corrected chi connectivity index (χ4v) is 0.556. The van der Waals surface area contributed by atoms with E-state index >= 15 is 0 Å². The van der Waals surface area contributed by atoms with Gasteiger partial charge in [-0.05, 0) is 6.92 Å². The molecule has 0 saturated carbocycles. The largest absolute Gasteiger partial charge is 0.258 e. The van der Waals surface area contributed by atoms with Gasteiger partial charge < -0.3 is 0 Å². The Morgan fingerprint density at radius 2 is 2.50 bits per heavy atom. The maximum absolute atomic E-state index is 11.8. The topological polar surface area (TPSA) is 26.5 Å². The second-order valence-electron chi connectivity index (χ2n) is 1.82. The molecule has 2 nitrogen and oxygen atoms in total. The van der Waals surface area contributed by atoms with E-state index in [1.807, 2.05) is 6.92 Å². The lowest BCUT2D eigenvalue weighted by atomic mass is 10.2. The SMILES string of the molecule is CC1N=[C][N]C1CF. The number of alkyl halides is 1. The van der Waals surface area contributed by atoms with Crippen LogP contribution in [0.15, 0.2) is 4.99 Å². The van der Waals surface area contributed by atoms with Crippen LogP contribution in [-0.2, 0) is 0 Å². The average molecular weight is 114 g/mol. The fraction of sp³-hybridized carbons (Fsp3) is 0.800. The molecular formula is C5H7FN2. The molecule has 0 bridgehead atoms. The van der Waals surface area contributed by atoms with E-state index in [1.54, 1.807) is 0 Å². The minimum absolute atomic E-state index is 0.000000000000000222. The first kappa shape index (κ1) is 5.54. The summed E-state index contributed by atoms with van der Waals surface area (Å²) in [5.41, 5.74) is 0. The van der Waals surface area contributed by atoms with Crippen LogP contribution >= 0.6 is 0 Å². The van der Waals surface area contributed by atoms with E-state index in [0.29, 0.717) is 0 Å². The summed E-state index contributed by atoms with van der Waals surface area (Å²) in [5.74, 6) is 0. The summed E-state index contributed by atoms with van der Waals surface area (Å²) in [5, 5.41) is 3.64. The summed E-state index contributed by atoms with van der Waals surface area (Å²) in [4.78, 5) is 3.73. The summed E-state index contributed by atoms with van der Waals surface area (Å²) < 4.78 is 11.8. The zero-order valence-corrected chi connectivity index (χ0v) is 4.63. The molecule has 1 rings (SSSR count). The lowest BCUT2D eigenvalue weighted by Crippen LogP contribution is -2.26. The fourth-order valence-electron chi connectivity index (χ4n) is 0.556. The van der Waals surface area contributed by atoms with Crippen LogP contribution in [0.25, 0.3) is 0 Å². The molecule has 1 heterocycles. The Morgan fingerprint density at radius 3 is 2.75 bits per heavy atom. The molecule has 0 saturated heterocycles. The minimum atomic E-state index is -0.419. The molecule has 2 radical (unpaired) electrons. The van der Waals surface area contributed by atoms with Gasteiger partial charge in [0.25, 0.3) is 0 Å². The van der Waals surface area contributed by atoms with E-state index in [0.717, 1.165) is 0 Å². The molecule has 3 heteroatoms. The summed E-state index contributed by atoms with van der Waals surface area (Å²) in [7, 11) is 0. The third-order valence-corrected chi connectivity index (χ3v) is 1.20. The quantitative estimate of drug-likeness (QED) is 0.466. The standard InChI is InChI=1S/C5H7FN2/c1-4-5(2-6)8-3-7-4/h4-5H,2H2,1H3. The minimum Gasteiger partial charge on any atom is -0.258 e. The number of hydrogen-bond acceptors (Lipinski definition) is 1. The average Bonchev–Trinajstić information content (AvgIpc) is 2.14. The summed E-state index contributed by atoms with van der Waals surface area (Å²) >= 11 is 0. The van der Waals surface area contributed by atoms with Crippen molar-refractivity contribution in [3.05, 3.63) is 0 Å². The van der Waals surface area contributed by atoms with Crippen LogP contribution < -0.4 is 5.32 Å². The second-order valence-corrected chi connectivity index (χ2v) is 1.82. The molecule has 8 heavy (non-hydrogen) atoms. The van der Waals surface area contributed by atoms with Crippen molar-refractivity contribution in [2.45, 2.75) is 19.0 Å². The monoisotopic (exact) mass is 114 g/mol. The maximum Gasteiger partial charge on any atom is 0.188 e. The normalized spacial score (nSPS) is 35.2. The Labute approximate surface area is 47.8 Å². The van der Waals surface area contributed by atoms with E-state index in [2.05, 4.69) is 16.6 Å². The molecule has 0 amide bonds.